The zero-order valence-corrected chi connectivity index (χ0v) is 31.8. The summed E-state index contributed by atoms with van der Waals surface area (Å²) < 4.78 is 23.2. The number of cyclic esters (lactones) is 2. The lowest BCUT2D eigenvalue weighted by molar-refractivity contribution is -0.179. The molecule has 0 radical (unpaired) electrons. The molecule has 2 N–H and O–H groups in total. The normalized spacial score (nSPS) is 25.3. The highest BCUT2D eigenvalue weighted by Crippen LogP contribution is 2.45. The Balaban J connectivity index is 1.57. The van der Waals surface area contributed by atoms with Gasteiger partial charge in [0, 0.05) is 36.7 Å². The number of hydrogen-bond donors (Lipinski definition) is 2. The third kappa shape index (κ3) is 11.4. The fourth-order valence-corrected chi connectivity index (χ4v) is 6.02. The minimum Gasteiger partial charge on any atom is -0.461 e. The summed E-state index contributed by atoms with van der Waals surface area (Å²) in [4.78, 5) is 65.4. The van der Waals surface area contributed by atoms with Crippen LogP contribution >= 0.6 is 11.6 Å². The lowest BCUT2D eigenvalue weighted by Gasteiger charge is -2.29. The highest BCUT2D eigenvalue weighted by atomic mass is 35.5. The molecule has 1 saturated heterocycles. The molecule has 282 valence electrons. The molecule has 52 heavy (non-hydrogen) atoms. The van der Waals surface area contributed by atoms with E-state index < -0.39 is 47.4 Å². The SMILES string of the molecule is CCC(=O)OCc1ccc([C@H]2O[C@@H]2[C@@H](C)[C@@H]2C/C=C/C(=O)N[C@H](Cc3ccc(C)c(Cl)c3)C(=O)NCC(C)(C)C(=O)O[C@@H](CC(C)C)C(=O)O2)cc1. The zero-order valence-electron chi connectivity index (χ0n) is 31.0. The smallest absolute Gasteiger partial charge is 0.347 e. The molecule has 4 rings (SSSR count). The molecule has 0 aliphatic carbocycles. The van der Waals surface area contributed by atoms with Gasteiger partial charge in [-0.3, -0.25) is 19.2 Å². The monoisotopic (exact) mass is 738 g/mol. The Morgan fingerprint density at radius 2 is 1.71 bits per heavy atom. The number of carbonyl (C=O) groups excluding carboxylic acids is 5. The molecule has 2 aliphatic heterocycles. The van der Waals surface area contributed by atoms with Gasteiger partial charge in [-0.15, -0.1) is 0 Å². The number of amides is 2. The highest BCUT2D eigenvalue weighted by molar-refractivity contribution is 6.31. The molecule has 0 spiro atoms. The number of nitrogens with one attached hydrogen (secondary N) is 2. The molecule has 0 aromatic heterocycles. The number of halogens is 1. The van der Waals surface area contributed by atoms with E-state index in [0.717, 1.165) is 22.3 Å². The summed E-state index contributed by atoms with van der Waals surface area (Å²) in [5.74, 6) is -2.94. The molecule has 6 atom stereocenters. The molecule has 0 saturated carbocycles. The van der Waals surface area contributed by atoms with Crippen molar-refractivity contribution in [2.24, 2.45) is 17.3 Å². The number of esters is 3. The summed E-state index contributed by atoms with van der Waals surface area (Å²) in [7, 11) is 0. The molecule has 12 heteroatoms. The van der Waals surface area contributed by atoms with Crippen molar-refractivity contribution < 1.29 is 42.9 Å². The van der Waals surface area contributed by atoms with E-state index in [4.69, 9.17) is 30.5 Å². The largest absolute Gasteiger partial charge is 0.461 e. The average molecular weight is 739 g/mol. The predicted octanol–water partition coefficient (Wildman–Crippen LogP) is 5.88. The maximum absolute atomic E-state index is 13.7. The van der Waals surface area contributed by atoms with Crippen molar-refractivity contribution in [3.05, 3.63) is 81.9 Å². The van der Waals surface area contributed by atoms with Crippen molar-refractivity contribution in [1.29, 1.82) is 0 Å². The summed E-state index contributed by atoms with van der Waals surface area (Å²) in [6.07, 6.45) is 1.32. The van der Waals surface area contributed by atoms with Gasteiger partial charge >= 0.3 is 17.9 Å². The van der Waals surface area contributed by atoms with Gasteiger partial charge in [-0.2, -0.15) is 0 Å². The lowest BCUT2D eigenvalue weighted by atomic mass is 9.92. The third-order valence-electron chi connectivity index (χ3n) is 9.30. The maximum atomic E-state index is 13.7. The van der Waals surface area contributed by atoms with Crippen LogP contribution in [0.2, 0.25) is 5.02 Å². The molecule has 2 amide bonds. The maximum Gasteiger partial charge on any atom is 0.347 e. The molecular weight excluding hydrogens is 688 g/mol. The van der Waals surface area contributed by atoms with Crippen LogP contribution in [0.15, 0.2) is 54.6 Å². The van der Waals surface area contributed by atoms with Gasteiger partial charge in [0.2, 0.25) is 11.8 Å². The zero-order chi connectivity index (χ0) is 38.2. The van der Waals surface area contributed by atoms with Crippen LogP contribution in [0.4, 0.5) is 0 Å². The quantitative estimate of drug-likeness (QED) is 0.173. The summed E-state index contributed by atoms with van der Waals surface area (Å²) in [5, 5.41) is 6.11. The van der Waals surface area contributed by atoms with Crippen LogP contribution < -0.4 is 10.6 Å². The Hall–Kier alpha value is -4.22. The fraction of sp³-hybridized carbons (Fsp3) is 0.525. The van der Waals surface area contributed by atoms with Crippen LogP contribution in [0.25, 0.3) is 0 Å². The van der Waals surface area contributed by atoms with Gasteiger partial charge in [0.1, 0.15) is 24.9 Å². The third-order valence-corrected chi connectivity index (χ3v) is 9.70. The van der Waals surface area contributed by atoms with Crippen molar-refractivity contribution >= 4 is 41.3 Å². The second-order valence-electron chi connectivity index (χ2n) is 14.7. The van der Waals surface area contributed by atoms with E-state index in [1.807, 2.05) is 64.1 Å². The Kier molecular flexibility index (Phi) is 14.0. The first-order valence-corrected chi connectivity index (χ1v) is 18.3. The molecule has 11 nitrogen and oxygen atoms in total. The molecule has 0 bridgehead atoms. The molecular formula is C40H51ClN2O9. The highest BCUT2D eigenvalue weighted by Gasteiger charge is 2.48. The second-order valence-corrected chi connectivity index (χ2v) is 15.1. The number of rotatable bonds is 10. The number of epoxide rings is 1. The molecule has 0 unspecified atom stereocenters. The molecule has 2 aliphatic rings. The topological polar surface area (TPSA) is 150 Å². The van der Waals surface area contributed by atoms with Crippen molar-refractivity contribution in [1.82, 2.24) is 10.6 Å². The first-order chi connectivity index (χ1) is 24.6. The average Bonchev–Trinajstić information content (AvgIpc) is 3.90. The molecule has 2 aromatic rings. The summed E-state index contributed by atoms with van der Waals surface area (Å²) in [5.41, 5.74) is 2.19. The van der Waals surface area contributed by atoms with Crippen LogP contribution in [0.5, 0.6) is 0 Å². The van der Waals surface area contributed by atoms with E-state index in [1.165, 1.54) is 6.08 Å². The van der Waals surface area contributed by atoms with Crippen molar-refractivity contribution in [3.8, 4) is 0 Å². The van der Waals surface area contributed by atoms with Gasteiger partial charge in [-0.25, -0.2) is 4.79 Å². The molecule has 2 heterocycles. The minimum absolute atomic E-state index is 0.00104. The number of benzene rings is 2. The van der Waals surface area contributed by atoms with Crippen LogP contribution in [-0.4, -0.2) is 60.6 Å². The van der Waals surface area contributed by atoms with Gasteiger partial charge in [0.25, 0.3) is 0 Å². The van der Waals surface area contributed by atoms with Gasteiger partial charge in [0.15, 0.2) is 6.10 Å². The van der Waals surface area contributed by atoms with Gasteiger partial charge < -0.3 is 29.6 Å². The van der Waals surface area contributed by atoms with E-state index in [-0.39, 0.29) is 62.4 Å². The number of hydrogen-bond acceptors (Lipinski definition) is 9. The van der Waals surface area contributed by atoms with Crippen LogP contribution in [0, 0.1) is 24.2 Å². The van der Waals surface area contributed by atoms with Crippen molar-refractivity contribution in [2.75, 3.05) is 6.54 Å². The Bertz CT molecular complexity index is 1640. The van der Waals surface area contributed by atoms with Crippen LogP contribution in [0.1, 0.15) is 89.2 Å². The molecule has 2 aromatic carbocycles. The number of carbonyl (C=O) groups is 5. The van der Waals surface area contributed by atoms with E-state index in [9.17, 15) is 24.0 Å². The van der Waals surface area contributed by atoms with Gasteiger partial charge in [-0.05, 0) is 67.5 Å². The van der Waals surface area contributed by atoms with E-state index in [0.29, 0.717) is 11.4 Å². The Labute approximate surface area is 311 Å². The fourth-order valence-electron chi connectivity index (χ4n) is 5.82. The standard InChI is InChI=1S/C40H51ClN2O9/c1-8-34(45)49-21-26-14-16-28(17-15-26)36-35(52-36)25(5)31-10-9-11-33(44)43-30(20-27-13-12-24(4)29(41)19-27)37(46)42-22-40(6,7)39(48)51-32(18-23(2)3)38(47)50-31/h9,11-17,19,23,25,30-32,35-36H,8,10,18,20-22H2,1-7H3,(H,42,46)(H,43,44)/b11-9+/t25-,30+,31-,32-,35+,36+/m0/s1. The van der Waals surface area contributed by atoms with Crippen molar-refractivity contribution in [3.63, 3.8) is 0 Å². The van der Waals surface area contributed by atoms with E-state index >= 15 is 0 Å². The lowest BCUT2D eigenvalue weighted by Crippen LogP contribution is -2.51. The van der Waals surface area contributed by atoms with Crippen molar-refractivity contribution in [2.45, 2.75) is 111 Å². The van der Waals surface area contributed by atoms with Crippen LogP contribution in [0.3, 0.4) is 0 Å². The summed E-state index contributed by atoms with van der Waals surface area (Å²) >= 11 is 6.34. The molecule has 1 fully saturated rings. The summed E-state index contributed by atoms with van der Waals surface area (Å²) in [6, 6.07) is 12.1. The predicted molar refractivity (Wildman–Crippen MR) is 195 cm³/mol. The van der Waals surface area contributed by atoms with Crippen LogP contribution in [-0.2, 0) is 55.9 Å². The first-order valence-electron chi connectivity index (χ1n) is 17.9. The Morgan fingerprint density at radius 1 is 1.02 bits per heavy atom. The van der Waals surface area contributed by atoms with Gasteiger partial charge in [0.05, 0.1) is 11.5 Å². The van der Waals surface area contributed by atoms with E-state index in [2.05, 4.69) is 10.6 Å². The number of ether oxygens (including phenoxy) is 4. The second kappa shape index (κ2) is 18.0. The Morgan fingerprint density at radius 3 is 2.37 bits per heavy atom. The number of aryl methyl sites for hydroxylation is 1. The van der Waals surface area contributed by atoms with Gasteiger partial charge in [-0.1, -0.05) is 81.8 Å². The van der Waals surface area contributed by atoms with E-state index in [1.54, 1.807) is 32.9 Å². The summed E-state index contributed by atoms with van der Waals surface area (Å²) in [6.45, 7) is 12.7. The first kappa shape index (κ1) is 40.5. The minimum atomic E-state index is -1.21.